The summed E-state index contributed by atoms with van der Waals surface area (Å²) in [5.74, 6) is -1.49. The molecule has 0 spiro atoms. The van der Waals surface area contributed by atoms with Crippen LogP contribution in [0.3, 0.4) is 0 Å². The molecule has 1 saturated heterocycles. The number of alkyl halides is 3. The number of halogens is 5. The number of anilines is 1. The summed E-state index contributed by atoms with van der Waals surface area (Å²) in [5, 5.41) is 1.79. The maximum Gasteiger partial charge on any atom is 0.416 e. The van der Waals surface area contributed by atoms with Gasteiger partial charge in [-0.25, -0.2) is 9.38 Å². The van der Waals surface area contributed by atoms with Gasteiger partial charge >= 0.3 is 6.18 Å². The van der Waals surface area contributed by atoms with E-state index in [0.717, 1.165) is 30.0 Å². The van der Waals surface area contributed by atoms with Crippen molar-refractivity contribution in [2.24, 2.45) is 4.99 Å². The van der Waals surface area contributed by atoms with E-state index in [0.29, 0.717) is 16.4 Å². The first-order valence-corrected chi connectivity index (χ1v) is 11.9. The molecule has 2 amide bonds. The van der Waals surface area contributed by atoms with Gasteiger partial charge < -0.3 is 5.32 Å². The maximum atomic E-state index is 13.3. The van der Waals surface area contributed by atoms with E-state index in [1.165, 1.54) is 17.0 Å². The summed E-state index contributed by atoms with van der Waals surface area (Å²) in [7, 11) is 0. The van der Waals surface area contributed by atoms with E-state index in [1.54, 1.807) is 36.4 Å². The van der Waals surface area contributed by atoms with Crippen molar-refractivity contribution >= 4 is 51.7 Å². The lowest BCUT2D eigenvalue weighted by Crippen LogP contribution is -2.33. The van der Waals surface area contributed by atoms with Gasteiger partial charge in [-0.05, 0) is 48.0 Å². The molecule has 4 rings (SSSR count). The third-order valence-corrected chi connectivity index (χ3v) is 6.70. The summed E-state index contributed by atoms with van der Waals surface area (Å²) in [6.45, 7) is 0.107. The predicted octanol–water partition coefficient (Wildman–Crippen LogP) is 6.66. The number of rotatable bonds is 6. The molecule has 1 fully saturated rings. The van der Waals surface area contributed by atoms with E-state index in [2.05, 4.69) is 10.3 Å². The normalized spacial score (nSPS) is 17.0. The molecule has 1 aliphatic heterocycles. The van der Waals surface area contributed by atoms with Crippen LogP contribution in [0.4, 0.5) is 28.9 Å². The Morgan fingerprint density at radius 3 is 2.42 bits per heavy atom. The molecule has 1 aliphatic rings. The van der Waals surface area contributed by atoms with E-state index in [4.69, 9.17) is 11.6 Å². The number of amides is 2. The number of hydrogen-bond donors (Lipinski definition) is 1. The molecule has 3 aromatic rings. The third-order valence-electron chi connectivity index (χ3n) is 5.19. The van der Waals surface area contributed by atoms with Crippen LogP contribution in [-0.2, 0) is 22.3 Å². The molecule has 11 heteroatoms. The number of benzene rings is 3. The largest absolute Gasteiger partial charge is 0.416 e. The number of hydrogen-bond acceptors (Lipinski definition) is 4. The second kappa shape index (κ2) is 10.7. The molecular formula is C25H18ClF4N3O2S. The maximum absolute atomic E-state index is 13.3. The van der Waals surface area contributed by atoms with Crippen molar-refractivity contribution in [2.45, 2.75) is 24.4 Å². The van der Waals surface area contributed by atoms with Crippen LogP contribution in [0.5, 0.6) is 0 Å². The zero-order valence-corrected chi connectivity index (χ0v) is 20.0. The highest BCUT2D eigenvalue weighted by molar-refractivity contribution is 8.15. The average molecular weight is 536 g/mol. The van der Waals surface area contributed by atoms with Gasteiger partial charge in [0, 0.05) is 6.42 Å². The fraction of sp³-hybridized carbons (Fsp3) is 0.160. The first kappa shape index (κ1) is 25.7. The van der Waals surface area contributed by atoms with Crippen molar-refractivity contribution in [3.8, 4) is 0 Å². The Labute approximate surface area is 213 Å². The molecule has 0 aliphatic carbocycles. The van der Waals surface area contributed by atoms with Crippen LogP contribution in [0.25, 0.3) is 0 Å². The molecular weight excluding hydrogens is 518 g/mol. The minimum Gasteiger partial charge on any atom is -0.325 e. The molecule has 36 heavy (non-hydrogen) atoms. The van der Waals surface area contributed by atoms with Crippen molar-refractivity contribution in [2.75, 3.05) is 5.32 Å². The van der Waals surface area contributed by atoms with Gasteiger partial charge in [0.05, 0.1) is 28.5 Å². The quantitative estimate of drug-likeness (QED) is 0.359. The van der Waals surface area contributed by atoms with Gasteiger partial charge in [-0.15, -0.1) is 0 Å². The molecule has 0 bridgehead atoms. The number of aliphatic imine (C=N–C) groups is 1. The molecule has 1 heterocycles. The second-order valence-electron chi connectivity index (χ2n) is 7.83. The van der Waals surface area contributed by atoms with Gasteiger partial charge in [0.25, 0.3) is 0 Å². The van der Waals surface area contributed by atoms with Crippen LogP contribution in [-0.4, -0.2) is 27.1 Å². The van der Waals surface area contributed by atoms with Crippen LogP contribution in [0, 0.1) is 5.82 Å². The van der Waals surface area contributed by atoms with E-state index in [-0.39, 0.29) is 23.7 Å². The summed E-state index contributed by atoms with van der Waals surface area (Å²) in [5.41, 5.74) is 0.0919. The number of nitrogens with zero attached hydrogens (tertiary/aromatic N) is 2. The lowest BCUT2D eigenvalue weighted by molar-refractivity contribution is -0.137. The molecule has 3 aromatic carbocycles. The Morgan fingerprint density at radius 1 is 1.06 bits per heavy atom. The summed E-state index contributed by atoms with van der Waals surface area (Å²) in [6.07, 6.45) is -4.92. The van der Waals surface area contributed by atoms with Crippen molar-refractivity contribution in [3.05, 3.63) is 94.8 Å². The smallest absolute Gasteiger partial charge is 0.325 e. The highest BCUT2D eigenvalue weighted by Crippen LogP contribution is 2.35. The number of carbonyl (C=O) groups is 2. The van der Waals surface area contributed by atoms with Crippen LogP contribution in [0.1, 0.15) is 17.5 Å². The van der Waals surface area contributed by atoms with Crippen molar-refractivity contribution in [3.63, 3.8) is 0 Å². The van der Waals surface area contributed by atoms with Crippen molar-refractivity contribution in [1.82, 2.24) is 4.90 Å². The van der Waals surface area contributed by atoms with Gasteiger partial charge in [0.1, 0.15) is 11.1 Å². The third kappa shape index (κ3) is 6.24. The topological polar surface area (TPSA) is 61.8 Å². The highest BCUT2D eigenvalue weighted by atomic mass is 35.5. The number of nitrogens with one attached hydrogen (secondary N) is 1. The lowest BCUT2D eigenvalue weighted by Gasteiger charge is -2.17. The molecule has 1 atom stereocenters. The molecule has 0 aromatic heterocycles. The fourth-order valence-corrected chi connectivity index (χ4v) is 4.74. The van der Waals surface area contributed by atoms with Crippen molar-refractivity contribution < 1.29 is 27.2 Å². The summed E-state index contributed by atoms with van der Waals surface area (Å²) in [6, 6.07) is 17.1. The predicted molar refractivity (Wildman–Crippen MR) is 132 cm³/mol. The lowest BCUT2D eigenvalue weighted by atomic mass is 10.1. The zero-order chi connectivity index (χ0) is 25.9. The molecule has 0 unspecified atom stereocenters. The van der Waals surface area contributed by atoms with Crippen molar-refractivity contribution in [1.29, 1.82) is 0 Å². The van der Waals surface area contributed by atoms with Crippen LogP contribution in [0.2, 0.25) is 5.02 Å². The van der Waals surface area contributed by atoms with E-state index in [9.17, 15) is 27.2 Å². The fourth-order valence-electron chi connectivity index (χ4n) is 3.42. The van der Waals surface area contributed by atoms with Gasteiger partial charge in [-0.2, -0.15) is 13.2 Å². The molecule has 0 saturated carbocycles. The zero-order valence-electron chi connectivity index (χ0n) is 18.4. The Hall–Kier alpha value is -3.37. The van der Waals surface area contributed by atoms with E-state index in [1.807, 2.05) is 6.07 Å². The summed E-state index contributed by atoms with van der Waals surface area (Å²) >= 11 is 7.04. The Morgan fingerprint density at radius 2 is 1.75 bits per heavy atom. The summed E-state index contributed by atoms with van der Waals surface area (Å²) in [4.78, 5) is 31.8. The van der Waals surface area contributed by atoms with Gasteiger partial charge in [-0.1, -0.05) is 53.7 Å². The Balaban J connectivity index is 1.54. The number of thioether (sulfide) groups is 1. The van der Waals surface area contributed by atoms with Crippen LogP contribution < -0.4 is 5.32 Å². The summed E-state index contributed by atoms with van der Waals surface area (Å²) < 4.78 is 52.4. The minimum absolute atomic E-state index is 0.0639. The number of carbonyl (C=O) groups excluding carboxylic acids is 2. The first-order valence-electron chi connectivity index (χ1n) is 10.6. The molecule has 186 valence electrons. The highest BCUT2D eigenvalue weighted by Gasteiger charge is 2.39. The molecule has 1 N–H and O–H groups in total. The SMILES string of the molecule is O=C(C[C@H]1SC(=Nc2ccccc2)N(Cc2ccc(F)cc2)C1=O)Nc1cc(C(F)(F)F)ccc1Cl. The van der Waals surface area contributed by atoms with E-state index >= 15 is 0 Å². The molecule has 0 radical (unpaired) electrons. The number of para-hydroxylation sites is 1. The van der Waals surface area contributed by atoms with Gasteiger partial charge in [0.2, 0.25) is 11.8 Å². The second-order valence-corrected chi connectivity index (χ2v) is 9.41. The van der Waals surface area contributed by atoms with Crippen LogP contribution in [0.15, 0.2) is 77.8 Å². The standard InChI is InChI=1S/C25H18ClF4N3O2S/c26-19-11-8-16(25(28,29)30)12-20(19)32-22(34)13-21-23(35)33(14-15-6-9-17(27)10-7-15)24(36-21)31-18-4-2-1-3-5-18/h1-12,21H,13-14H2,(H,32,34)/t21-/m1/s1. The minimum atomic E-state index is -4.61. The molecule has 5 nitrogen and oxygen atoms in total. The Bertz CT molecular complexity index is 1300. The number of amidine groups is 1. The van der Waals surface area contributed by atoms with Gasteiger partial charge in [0.15, 0.2) is 5.17 Å². The average Bonchev–Trinajstić information content (AvgIpc) is 3.10. The van der Waals surface area contributed by atoms with Crippen LogP contribution >= 0.6 is 23.4 Å². The van der Waals surface area contributed by atoms with Gasteiger partial charge in [-0.3, -0.25) is 14.5 Å². The first-order chi connectivity index (χ1) is 17.1. The van der Waals surface area contributed by atoms with E-state index < -0.39 is 34.6 Å². The monoisotopic (exact) mass is 535 g/mol. The Kier molecular flexibility index (Phi) is 7.65.